The van der Waals surface area contributed by atoms with Crippen LogP contribution in [0.4, 0.5) is 0 Å². The van der Waals surface area contributed by atoms with Crippen LogP contribution in [0.25, 0.3) is 10.9 Å². The Bertz CT molecular complexity index is 1380. The van der Waals surface area contributed by atoms with Gasteiger partial charge in [0.05, 0.1) is 11.7 Å². The molecular formula is C32H41NO5. The number of aromatic nitrogens is 1. The highest BCUT2D eigenvalue weighted by Crippen LogP contribution is 2.75. The van der Waals surface area contributed by atoms with Gasteiger partial charge in [0.25, 0.3) is 0 Å². The van der Waals surface area contributed by atoms with E-state index in [2.05, 4.69) is 70.8 Å². The average molecular weight is 520 g/mol. The lowest BCUT2D eigenvalue weighted by Gasteiger charge is -2.66. The SMILES string of the molecule is CC(C)=C[C@H]1O[C@H]2[C@H]3OC34[C@H](CC[C@]3(C)[C@@]5(C)c6[nH]c7ccccc7c6C[C@@H]5CC[C@@]43O)O[C@@H]2C(C)(C)O1. The minimum atomic E-state index is -1.01. The molecule has 0 bridgehead atoms. The molecule has 1 aromatic heterocycles. The van der Waals surface area contributed by atoms with Gasteiger partial charge in [-0.3, -0.25) is 0 Å². The molecule has 2 aromatic rings. The van der Waals surface area contributed by atoms with Crippen molar-refractivity contribution < 1.29 is 24.1 Å². The predicted molar refractivity (Wildman–Crippen MR) is 144 cm³/mol. The van der Waals surface area contributed by atoms with E-state index in [0.717, 1.165) is 37.7 Å². The number of hydrogen-bond acceptors (Lipinski definition) is 5. The highest BCUT2D eigenvalue weighted by Gasteiger charge is 2.87. The molecule has 3 aliphatic heterocycles. The van der Waals surface area contributed by atoms with Crippen LogP contribution in [-0.2, 0) is 30.8 Å². The third kappa shape index (κ3) is 2.54. The molecule has 2 N–H and O–H groups in total. The molecule has 6 heteroatoms. The molecule has 1 unspecified atom stereocenters. The number of aliphatic hydroxyl groups is 1. The number of epoxide rings is 1. The van der Waals surface area contributed by atoms with Crippen molar-refractivity contribution in [2.75, 3.05) is 0 Å². The van der Waals surface area contributed by atoms with Crippen molar-refractivity contribution in [3.63, 3.8) is 0 Å². The fourth-order valence-electron chi connectivity index (χ4n) is 9.97. The fraction of sp³-hybridized carbons (Fsp3) is 0.688. The van der Waals surface area contributed by atoms with E-state index < -0.39 is 23.1 Å². The van der Waals surface area contributed by atoms with Gasteiger partial charge in [-0.25, -0.2) is 0 Å². The molecule has 2 saturated carbocycles. The smallest absolute Gasteiger partial charge is 0.178 e. The highest BCUT2D eigenvalue weighted by molar-refractivity contribution is 5.86. The Morgan fingerprint density at radius 3 is 2.58 bits per heavy atom. The Morgan fingerprint density at radius 2 is 1.79 bits per heavy atom. The number of nitrogens with one attached hydrogen (secondary N) is 1. The van der Waals surface area contributed by atoms with Crippen molar-refractivity contribution in [1.29, 1.82) is 0 Å². The van der Waals surface area contributed by atoms with Crippen LogP contribution in [0.15, 0.2) is 35.9 Å². The van der Waals surface area contributed by atoms with Crippen molar-refractivity contribution in [3.05, 3.63) is 47.2 Å². The number of hydrogen-bond donors (Lipinski definition) is 2. The van der Waals surface area contributed by atoms with Gasteiger partial charge >= 0.3 is 0 Å². The van der Waals surface area contributed by atoms with Crippen LogP contribution < -0.4 is 0 Å². The summed E-state index contributed by atoms with van der Waals surface area (Å²) in [5.74, 6) is 0.501. The van der Waals surface area contributed by atoms with E-state index in [4.69, 9.17) is 18.9 Å². The quantitative estimate of drug-likeness (QED) is 0.394. The van der Waals surface area contributed by atoms with Crippen molar-refractivity contribution in [2.45, 2.75) is 127 Å². The summed E-state index contributed by atoms with van der Waals surface area (Å²) in [5.41, 5.74) is 2.31. The number of H-pyrrole nitrogens is 1. The molecule has 0 radical (unpaired) electrons. The Balaban J connectivity index is 1.22. The van der Waals surface area contributed by atoms with Crippen molar-refractivity contribution in [2.24, 2.45) is 11.3 Å². The molecule has 6 aliphatic rings. The van der Waals surface area contributed by atoms with Gasteiger partial charge in [-0.2, -0.15) is 0 Å². The maximum atomic E-state index is 13.1. The Morgan fingerprint density at radius 1 is 1.00 bits per heavy atom. The summed E-state index contributed by atoms with van der Waals surface area (Å²) in [6, 6.07) is 8.67. The van der Waals surface area contributed by atoms with Gasteiger partial charge in [0.2, 0.25) is 0 Å². The molecule has 10 atom stereocenters. The predicted octanol–water partition coefficient (Wildman–Crippen LogP) is 5.31. The fourth-order valence-corrected chi connectivity index (χ4v) is 9.97. The first kappa shape index (κ1) is 24.1. The largest absolute Gasteiger partial charge is 0.386 e. The van der Waals surface area contributed by atoms with Crippen LogP contribution >= 0.6 is 0 Å². The van der Waals surface area contributed by atoms with E-state index in [1.54, 1.807) is 0 Å². The molecule has 38 heavy (non-hydrogen) atoms. The van der Waals surface area contributed by atoms with E-state index in [1.807, 2.05) is 6.08 Å². The van der Waals surface area contributed by atoms with Crippen LogP contribution in [0.2, 0.25) is 0 Å². The van der Waals surface area contributed by atoms with Gasteiger partial charge < -0.3 is 29.0 Å². The molecule has 1 aromatic carbocycles. The lowest BCUT2D eigenvalue weighted by atomic mass is 9.40. The summed E-state index contributed by atoms with van der Waals surface area (Å²) < 4.78 is 26.5. The van der Waals surface area contributed by atoms with E-state index in [-0.39, 0.29) is 35.2 Å². The normalized spacial score (nSPS) is 49.7. The lowest BCUT2D eigenvalue weighted by molar-refractivity contribution is -0.343. The summed E-state index contributed by atoms with van der Waals surface area (Å²) in [6.45, 7) is 13.1. The molecule has 4 heterocycles. The van der Waals surface area contributed by atoms with Gasteiger partial charge in [0.15, 0.2) is 11.9 Å². The summed E-state index contributed by atoms with van der Waals surface area (Å²) in [7, 11) is 0. The number of fused-ring (bicyclic) bond motifs is 9. The van der Waals surface area contributed by atoms with E-state index >= 15 is 0 Å². The van der Waals surface area contributed by atoms with Crippen LogP contribution in [-0.4, -0.2) is 57.6 Å². The van der Waals surface area contributed by atoms with Gasteiger partial charge in [0.1, 0.15) is 23.9 Å². The number of rotatable bonds is 1. The molecule has 204 valence electrons. The first-order valence-corrected chi connectivity index (χ1v) is 14.6. The molecule has 3 aliphatic carbocycles. The Kier molecular flexibility index (Phi) is 4.53. The van der Waals surface area contributed by atoms with Crippen molar-refractivity contribution >= 4 is 10.9 Å². The van der Waals surface area contributed by atoms with Crippen LogP contribution in [0.1, 0.15) is 78.5 Å². The summed E-state index contributed by atoms with van der Waals surface area (Å²) in [6.07, 6.45) is 5.25. The maximum absolute atomic E-state index is 13.1. The van der Waals surface area contributed by atoms with Crippen LogP contribution in [0, 0.1) is 11.3 Å². The number of benzene rings is 1. The molecule has 0 amide bonds. The molecular weight excluding hydrogens is 478 g/mol. The monoisotopic (exact) mass is 519 g/mol. The van der Waals surface area contributed by atoms with E-state index in [1.165, 1.54) is 22.2 Å². The minimum Gasteiger partial charge on any atom is -0.386 e. The van der Waals surface area contributed by atoms with Gasteiger partial charge in [0, 0.05) is 27.4 Å². The van der Waals surface area contributed by atoms with Crippen LogP contribution in [0.5, 0.6) is 0 Å². The average Bonchev–Trinajstić information content (AvgIpc) is 3.43. The Hall–Kier alpha value is -1.70. The van der Waals surface area contributed by atoms with Crippen molar-refractivity contribution in [3.8, 4) is 0 Å². The van der Waals surface area contributed by atoms with Gasteiger partial charge in [-0.15, -0.1) is 0 Å². The van der Waals surface area contributed by atoms with Crippen molar-refractivity contribution in [1.82, 2.24) is 4.98 Å². The topological polar surface area (TPSA) is 76.2 Å². The maximum Gasteiger partial charge on any atom is 0.178 e. The molecule has 8 rings (SSSR count). The molecule has 5 fully saturated rings. The van der Waals surface area contributed by atoms with E-state index in [0.29, 0.717) is 5.92 Å². The van der Waals surface area contributed by atoms with E-state index in [9.17, 15) is 5.11 Å². The summed E-state index contributed by atoms with van der Waals surface area (Å²) in [5, 5.41) is 14.4. The zero-order valence-corrected chi connectivity index (χ0v) is 23.5. The number of aromatic amines is 1. The third-order valence-corrected chi connectivity index (χ3v) is 12.0. The van der Waals surface area contributed by atoms with Gasteiger partial charge in [-0.05, 0) is 83.4 Å². The number of allylic oxidation sites excluding steroid dienone is 1. The molecule has 6 nitrogen and oxygen atoms in total. The number of ether oxygens (including phenoxy) is 4. The standard InChI is InChI=1S/C32H41NO5/c1-17(2)15-23-36-24-26(28(3,4)37-23)35-22-12-13-29(5)30(6)18(11-14-31(29,34)32(22)27(24)38-32)16-20-19-9-7-8-10-21(19)33-25(20)30/h7-10,15,18,22-24,26-27,33-34H,11-14,16H2,1-6H3/t18-,22-,23-,24+,26-,27+,29+,30+,31-,32?/m0/s1. The zero-order chi connectivity index (χ0) is 26.5. The third-order valence-electron chi connectivity index (χ3n) is 12.0. The second-order valence-corrected chi connectivity index (χ2v) is 14.2. The number of para-hydroxylation sites is 1. The highest BCUT2D eigenvalue weighted by atomic mass is 16.8. The molecule has 1 spiro atoms. The zero-order valence-electron chi connectivity index (χ0n) is 23.5. The second-order valence-electron chi connectivity index (χ2n) is 14.2. The first-order chi connectivity index (χ1) is 18.0. The molecule has 3 saturated heterocycles. The van der Waals surface area contributed by atoms with Crippen LogP contribution in [0.3, 0.4) is 0 Å². The summed E-state index contributed by atoms with van der Waals surface area (Å²) >= 11 is 0. The minimum absolute atomic E-state index is 0.165. The summed E-state index contributed by atoms with van der Waals surface area (Å²) in [4.78, 5) is 3.84. The Labute approximate surface area is 225 Å². The second kappa shape index (κ2) is 7.13. The first-order valence-electron chi connectivity index (χ1n) is 14.6. The lowest BCUT2D eigenvalue weighted by Crippen LogP contribution is -2.77. The van der Waals surface area contributed by atoms with Gasteiger partial charge in [-0.1, -0.05) is 37.6 Å².